The van der Waals surface area contributed by atoms with Gasteiger partial charge in [-0.1, -0.05) is 22.0 Å². The van der Waals surface area contributed by atoms with Crippen molar-refractivity contribution in [2.75, 3.05) is 6.61 Å². The van der Waals surface area contributed by atoms with E-state index < -0.39 is 6.10 Å². The van der Waals surface area contributed by atoms with Gasteiger partial charge in [0.05, 0.1) is 11.7 Å². The van der Waals surface area contributed by atoms with Gasteiger partial charge in [-0.25, -0.2) is 4.39 Å². The van der Waals surface area contributed by atoms with Gasteiger partial charge in [-0.05, 0) is 50.2 Å². The molecule has 1 heterocycles. The van der Waals surface area contributed by atoms with Crippen LogP contribution in [0.2, 0.25) is 0 Å². The van der Waals surface area contributed by atoms with Crippen LogP contribution in [0.1, 0.15) is 43.8 Å². The molecule has 2 unspecified atom stereocenters. The molecule has 0 amide bonds. The Kier molecular flexibility index (Phi) is 3.67. The first-order valence-corrected chi connectivity index (χ1v) is 7.67. The predicted octanol–water partition coefficient (Wildman–Crippen LogP) is 3.97. The summed E-state index contributed by atoms with van der Waals surface area (Å²) < 4.78 is 20.4. The Labute approximate surface area is 121 Å². The van der Waals surface area contributed by atoms with Gasteiger partial charge in [-0.3, -0.25) is 0 Å². The lowest BCUT2D eigenvalue weighted by Gasteiger charge is -2.48. The molecule has 2 aliphatic rings. The molecule has 2 atom stereocenters. The van der Waals surface area contributed by atoms with E-state index in [1.165, 1.54) is 12.5 Å². The van der Waals surface area contributed by atoms with Crippen molar-refractivity contribution in [1.29, 1.82) is 0 Å². The molecule has 0 aromatic heterocycles. The lowest BCUT2D eigenvalue weighted by molar-refractivity contribution is -0.157. The number of rotatable bonds is 2. The normalized spacial score (nSPS) is 27.0. The second-order valence-electron chi connectivity index (χ2n) is 5.72. The highest BCUT2D eigenvalue weighted by Gasteiger charge is 2.44. The Morgan fingerprint density at radius 1 is 1.42 bits per heavy atom. The van der Waals surface area contributed by atoms with Crippen molar-refractivity contribution in [2.24, 2.45) is 5.92 Å². The first-order chi connectivity index (χ1) is 9.11. The van der Waals surface area contributed by atoms with E-state index in [1.54, 1.807) is 12.1 Å². The molecule has 1 aromatic carbocycles. The Morgan fingerprint density at radius 3 is 2.84 bits per heavy atom. The number of hydrogen-bond acceptors (Lipinski definition) is 2. The zero-order valence-corrected chi connectivity index (χ0v) is 12.3. The molecular formula is C15H18BrFO2. The van der Waals surface area contributed by atoms with E-state index in [-0.39, 0.29) is 17.3 Å². The third kappa shape index (κ3) is 2.46. The number of benzene rings is 1. The lowest BCUT2D eigenvalue weighted by atomic mass is 9.70. The van der Waals surface area contributed by atoms with E-state index >= 15 is 0 Å². The van der Waals surface area contributed by atoms with E-state index in [0.717, 1.165) is 25.7 Å². The molecule has 0 radical (unpaired) electrons. The van der Waals surface area contributed by atoms with E-state index in [0.29, 0.717) is 16.6 Å². The van der Waals surface area contributed by atoms with E-state index in [2.05, 4.69) is 15.9 Å². The smallest absolute Gasteiger partial charge is 0.130 e. The number of aliphatic hydroxyl groups is 1. The summed E-state index contributed by atoms with van der Waals surface area (Å²) in [5, 5.41) is 10.5. The fourth-order valence-electron chi connectivity index (χ4n) is 3.28. The van der Waals surface area contributed by atoms with Gasteiger partial charge in [0.1, 0.15) is 5.82 Å². The maximum Gasteiger partial charge on any atom is 0.130 e. The second-order valence-corrected chi connectivity index (χ2v) is 6.57. The zero-order valence-electron chi connectivity index (χ0n) is 10.7. The topological polar surface area (TPSA) is 29.5 Å². The summed E-state index contributed by atoms with van der Waals surface area (Å²) >= 11 is 3.34. The van der Waals surface area contributed by atoms with Crippen LogP contribution in [0.4, 0.5) is 4.39 Å². The molecule has 4 heteroatoms. The molecule has 3 rings (SSSR count). The van der Waals surface area contributed by atoms with Crippen molar-refractivity contribution >= 4 is 15.9 Å². The van der Waals surface area contributed by atoms with Crippen molar-refractivity contribution in [1.82, 2.24) is 0 Å². The fraction of sp³-hybridized carbons (Fsp3) is 0.600. The number of hydrogen-bond donors (Lipinski definition) is 1. The van der Waals surface area contributed by atoms with Gasteiger partial charge in [-0.2, -0.15) is 0 Å². The molecule has 1 saturated carbocycles. The molecule has 1 aliphatic carbocycles. The van der Waals surface area contributed by atoms with E-state index in [9.17, 15) is 9.50 Å². The lowest BCUT2D eigenvalue weighted by Crippen LogP contribution is -2.46. The minimum Gasteiger partial charge on any atom is -0.388 e. The van der Waals surface area contributed by atoms with Gasteiger partial charge in [0, 0.05) is 16.6 Å². The van der Waals surface area contributed by atoms with Crippen LogP contribution in [-0.2, 0) is 4.74 Å². The minimum atomic E-state index is -0.753. The Hall–Kier alpha value is -0.450. The van der Waals surface area contributed by atoms with Crippen molar-refractivity contribution in [3.05, 3.63) is 34.1 Å². The molecule has 1 saturated heterocycles. The van der Waals surface area contributed by atoms with Crippen LogP contribution in [0.25, 0.3) is 0 Å². The molecule has 19 heavy (non-hydrogen) atoms. The summed E-state index contributed by atoms with van der Waals surface area (Å²) in [5.41, 5.74) is 0.366. The third-order valence-corrected chi connectivity index (χ3v) is 5.23. The van der Waals surface area contributed by atoms with Crippen molar-refractivity contribution < 1.29 is 14.2 Å². The summed E-state index contributed by atoms with van der Waals surface area (Å²) in [4.78, 5) is 0. The standard InChI is InChI=1S/C15H18BrFO2/c16-11-3-1-4-12(17)13(11)14(18)10-5-8-19-15(9-10)6-2-7-15/h1,3-4,10,14,18H,2,5-9H2. The molecule has 1 N–H and O–H groups in total. The summed E-state index contributed by atoms with van der Waals surface area (Å²) in [7, 11) is 0. The molecule has 2 nitrogen and oxygen atoms in total. The molecule has 2 fully saturated rings. The molecule has 1 aliphatic heterocycles. The minimum absolute atomic E-state index is 0.0262. The SMILES string of the molecule is OC(c1c(F)cccc1Br)C1CCOC2(CCC2)C1. The highest BCUT2D eigenvalue weighted by Crippen LogP contribution is 2.47. The highest BCUT2D eigenvalue weighted by atomic mass is 79.9. The Morgan fingerprint density at radius 2 is 2.21 bits per heavy atom. The molecule has 1 aromatic rings. The van der Waals surface area contributed by atoms with Gasteiger partial charge >= 0.3 is 0 Å². The molecular weight excluding hydrogens is 311 g/mol. The summed E-state index contributed by atoms with van der Waals surface area (Å²) in [6.07, 6.45) is 4.24. The van der Waals surface area contributed by atoms with Crippen LogP contribution in [0.3, 0.4) is 0 Å². The van der Waals surface area contributed by atoms with Gasteiger partial charge < -0.3 is 9.84 Å². The highest BCUT2D eigenvalue weighted by molar-refractivity contribution is 9.10. The first-order valence-electron chi connectivity index (χ1n) is 6.87. The quantitative estimate of drug-likeness (QED) is 0.890. The first kappa shape index (κ1) is 13.5. The van der Waals surface area contributed by atoms with E-state index in [4.69, 9.17) is 4.74 Å². The van der Waals surface area contributed by atoms with Crippen molar-refractivity contribution in [2.45, 2.75) is 43.8 Å². The zero-order chi connectivity index (χ0) is 13.5. The fourth-order valence-corrected chi connectivity index (χ4v) is 3.86. The summed E-state index contributed by atoms with van der Waals surface area (Å²) in [5.74, 6) is -0.252. The summed E-state index contributed by atoms with van der Waals surface area (Å²) in [6.45, 7) is 0.674. The predicted molar refractivity (Wildman–Crippen MR) is 74.3 cm³/mol. The van der Waals surface area contributed by atoms with Crippen LogP contribution in [0.15, 0.2) is 22.7 Å². The average molecular weight is 329 g/mol. The van der Waals surface area contributed by atoms with Crippen LogP contribution < -0.4 is 0 Å². The number of aliphatic hydroxyl groups excluding tert-OH is 1. The molecule has 104 valence electrons. The number of halogens is 2. The maximum atomic E-state index is 13.9. The van der Waals surface area contributed by atoms with Crippen molar-refractivity contribution in [3.63, 3.8) is 0 Å². The molecule has 0 bridgehead atoms. The average Bonchev–Trinajstić information content (AvgIpc) is 2.37. The van der Waals surface area contributed by atoms with E-state index in [1.807, 2.05) is 0 Å². The van der Waals surface area contributed by atoms with Crippen LogP contribution in [0.5, 0.6) is 0 Å². The van der Waals surface area contributed by atoms with Crippen LogP contribution >= 0.6 is 15.9 Å². The van der Waals surface area contributed by atoms with Crippen LogP contribution in [-0.4, -0.2) is 17.3 Å². The van der Waals surface area contributed by atoms with Crippen molar-refractivity contribution in [3.8, 4) is 0 Å². The second kappa shape index (κ2) is 5.15. The van der Waals surface area contributed by atoms with Crippen LogP contribution in [0, 0.1) is 11.7 Å². The van der Waals surface area contributed by atoms with Gasteiger partial charge in [-0.15, -0.1) is 0 Å². The maximum absolute atomic E-state index is 13.9. The van der Waals surface area contributed by atoms with Gasteiger partial charge in [0.15, 0.2) is 0 Å². The summed E-state index contributed by atoms with van der Waals surface area (Å²) in [6, 6.07) is 4.83. The third-order valence-electron chi connectivity index (χ3n) is 4.54. The largest absolute Gasteiger partial charge is 0.388 e. The Balaban J connectivity index is 1.81. The van der Waals surface area contributed by atoms with Gasteiger partial charge in [0.25, 0.3) is 0 Å². The monoisotopic (exact) mass is 328 g/mol. The van der Waals surface area contributed by atoms with Gasteiger partial charge in [0.2, 0.25) is 0 Å². The number of ether oxygens (including phenoxy) is 1. The Bertz CT molecular complexity index is 453. The molecule has 1 spiro atoms.